The summed E-state index contributed by atoms with van der Waals surface area (Å²) in [5.41, 5.74) is 1.57. The van der Waals surface area contributed by atoms with Crippen molar-refractivity contribution in [3.8, 4) is 11.5 Å². The number of carbonyl (C=O) groups is 2. The Kier molecular flexibility index (Phi) is 7.86. The zero-order valence-electron chi connectivity index (χ0n) is 18.3. The summed E-state index contributed by atoms with van der Waals surface area (Å²) in [6.07, 6.45) is 0. The number of benzene rings is 2. The maximum absolute atomic E-state index is 12.5. The molecule has 0 bridgehead atoms. The number of ether oxygens (including phenoxy) is 2. The smallest absolute Gasteiger partial charge is 0.313 e. The van der Waals surface area contributed by atoms with Gasteiger partial charge in [-0.1, -0.05) is 18.2 Å². The van der Waals surface area contributed by atoms with Gasteiger partial charge in [-0.15, -0.1) is 0 Å². The highest BCUT2D eigenvalue weighted by molar-refractivity contribution is 6.39. The van der Waals surface area contributed by atoms with Crippen LogP contribution in [-0.4, -0.2) is 75.6 Å². The third-order valence-electron chi connectivity index (χ3n) is 5.47. The van der Waals surface area contributed by atoms with Crippen LogP contribution in [0, 0.1) is 0 Å². The molecule has 1 aliphatic rings. The van der Waals surface area contributed by atoms with Crippen molar-refractivity contribution in [1.29, 1.82) is 0 Å². The van der Waals surface area contributed by atoms with Gasteiger partial charge in [0.15, 0.2) is 0 Å². The van der Waals surface area contributed by atoms with Crippen molar-refractivity contribution in [2.45, 2.75) is 6.04 Å². The molecular weight excluding hydrogens is 396 g/mol. The topological polar surface area (TPSA) is 83.1 Å². The molecule has 0 unspecified atom stereocenters. The van der Waals surface area contributed by atoms with Gasteiger partial charge >= 0.3 is 11.8 Å². The number of likely N-dealkylation sites (N-methyl/N-ethyl adjacent to an activating group) is 1. The lowest BCUT2D eigenvalue weighted by molar-refractivity contribution is -0.136. The summed E-state index contributed by atoms with van der Waals surface area (Å²) in [5, 5.41) is 5.41. The van der Waals surface area contributed by atoms with Gasteiger partial charge < -0.3 is 25.0 Å². The first-order valence-electron chi connectivity index (χ1n) is 10.3. The van der Waals surface area contributed by atoms with E-state index in [9.17, 15) is 9.59 Å². The van der Waals surface area contributed by atoms with E-state index >= 15 is 0 Å². The van der Waals surface area contributed by atoms with Crippen LogP contribution in [0.1, 0.15) is 11.6 Å². The van der Waals surface area contributed by atoms with Crippen molar-refractivity contribution in [1.82, 2.24) is 15.1 Å². The van der Waals surface area contributed by atoms with Crippen LogP contribution in [0.2, 0.25) is 0 Å². The Hall–Kier alpha value is -3.10. The first-order valence-corrected chi connectivity index (χ1v) is 10.3. The average Bonchev–Trinajstić information content (AvgIpc) is 2.80. The third-order valence-corrected chi connectivity index (χ3v) is 5.47. The Labute approximate surface area is 183 Å². The van der Waals surface area contributed by atoms with Gasteiger partial charge in [0.1, 0.15) is 11.5 Å². The molecule has 0 aliphatic carbocycles. The predicted molar refractivity (Wildman–Crippen MR) is 119 cm³/mol. The lowest BCUT2D eigenvalue weighted by Gasteiger charge is -2.38. The molecule has 8 nitrogen and oxygen atoms in total. The molecule has 0 spiro atoms. The van der Waals surface area contributed by atoms with Crippen LogP contribution < -0.4 is 20.1 Å². The second kappa shape index (κ2) is 10.8. The van der Waals surface area contributed by atoms with Gasteiger partial charge in [0, 0.05) is 44.5 Å². The zero-order chi connectivity index (χ0) is 22.2. The number of nitrogens with zero attached hydrogens (tertiary/aromatic N) is 2. The molecule has 0 saturated carbocycles. The Morgan fingerprint density at radius 1 is 0.935 bits per heavy atom. The van der Waals surface area contributed by atoms with Crippen molar-refractivity contribution < 1.29 is 19.1 Å². The molecule has 8 heteroatoms. The van der Waals surface area contributed by atoms with Crippen LogP contribution in [0.25, 0.3) is 0 Å². The molecule has 3 rings (SSSR count). The number of nitrogens with one attached hydrogen (secondary N) is 2. The molecular formula is C23H30N4O4. The Balaban J connectivity index is 1.65. The molecule has 1 heterocycles. The van der Waals surface area contributed by atoms with Crippen LogP contribution in [0.4, 0.5) is 5.69 Å². The molecule has 2 amide bonds. The number of hydrogen-bond donors (Lipinski definition) is 2. The largest absolute Gasteiger partial charge is 0.497 e. The number of carbonyl (C=O) groups excluding carboxylic acids is 2. The summed E-state index contributed by atoms with van der Waals surface area (Å²) in [4.78, 5) is 29.4. The Morgan fingerprint density at radius 2 is 1.61 bits per heavy atom. The van der Waals surface area contributed by atoms with Crippen LogP contribution in [-0.2, 0) is 9.59 Å². The first kappa shape index (κ1) is 22.6. The summed E-state index contributed by atoms with van der Waals surface area (Å²) in [5.74, 6) is 0.00555. The summed E-state index contributed by atoms with van der Waals surface area (Å²) >= 11 is 0. The maximum Gasteiger partial charge on any atom is 0.313 e. The molecule has 1 atom stereocenters. The monoisotopic (exact) mass is 426 g/mol. The molecule has 2 N–H and O–H groups in total. The normalized spacial score (nSPS) is 15.7. The Morgan fingerprint density at radius 3 is 2.26 bits per heavy atom. The van der Waals surface area contributed by atoms with E-state index in [0.717, 1.165) is 37.5 Å². The van der Waals surface area contributed by atoms with Crippen molar-refractivity contribution in [3.05, 3.63) is 54.1 Å². The van der Waals surface area contributed by atoms with Crippen LogP contribution >= 0.6 is 0 Å². The molecule has 0 radical (unpaired) electrons. The summed E-state index contributed by atoms with van der Waals surface area (Å²) in [7, 11) is 5.28. The van der Waals surface area contributed by atoms with Crippen molar-refractivity contribution >= 4 is 17.5 Å². The van der Waals surface area contributed by atoms with Crippen LogP contribution in [0.5, 0.6) is 11.5 Å². The van der Waals surface area contributed by atoms with E-state index < -0.39 is 11.8 Å². The van der Waals surface area contributed by atoms with Gasteiger partial charge in [0.25, 0.3) is 0 Å². The minimum Gasteiger partial charge on any atom is -0.497 e. The SMILES string of the molecule is COc1ccc([C@@H](CNC(=O)C(=O)Nc2cccc(OC)c2)N2CCN(C)CC2)cc1. The number of methoxy groups -OCH3 is 2. The van der Waals surface area contributed by atoms with Gasteiger partial charge in [-0.05, 0) is 36.9 Å². The fraction of sp³-hybridized carbons (Fsp3) is 0.391. The fourth-order valence-corrected chi connectivity index (χ4v) is 3.58. The molecule has 166 valence electrons. The van der Waals surface area contributed by atoms with Gasteiger partial charge in [0.05, 0.1) is 20.3 Å². The molecule has 31 heavy (non-hydrogen) atoms. The molecule has 0 aromatic heterocycles. The van der Waals surface area contributed by atoms with Crippen molar-refractivity contribution in [2.75, 3.05) is 59.3 Å². The fourth-order valence-electron chi connectivity index (χ4n) is 3.58. The Bertz CT molecular complexity index is 879. The van der Waals surface area contributed by atoms with E-state index in [0.29, 0.717) is 18.0 Å². The summed E-state index contributed by atoms with van der Waals surface area (Å²) < 4.78 is 10.4. The quantitative estimate of drug-likeness (QED) is 0.657. The lowest BCUT2D eigenvalue weighted by Crippen LogP contribution is -2.49. The highest BCUT2D eigenvalue weighted by Gasteiger charge is 2.25. The lowest BCUT2D eigenvalue weighted by atomic mass is 10.0. The van der Waals surface area contributed by atoms with Crippen LogP contribution in [0.3, 0.4) is 0 Å². The highest BCUT2D eigenvalue weighted by Crippen LogP contribution is 2.24. The van der Waals surface area contributed by atoms with Crippen molar-refractivity contribution in [2.24, 2.45) is 0 Å². The number of anilines is 1. The molecule has 2 aromatic carbocycles. The highest BCUT2D eigenvalue weighted by atomic mass is 16.5. The second-order valence-corrected chi connectivity index (χ2v) is 7.52. The second-order valence-electron chi connectivity index (χ2n) is 7.52. The van der Waals surface area contributed by atoms with Gasteiger partial charge in [-0.2, -0.15) is 0 Å². The summed E-state index contributed by atoms with van der Waals surface area (Å²) in [6.45, 7) is 4.02. The van der Waals surface area contributed by atoms with Gasteiger partial charge in [-0.25, -0.2) is 0 Å². The van der Waals surface area contributed by atoms with Gasteiger partial charge in [-0.3, -0.25) is 14.5 Å². The minimum atomic E-state index is -0.708. The van der Waals surface area contributed by atoms with Crippen LogP contribution in [0.15, 0.2) is 48.5 Å². The molecule has 1 aliphatic heterocycles. The van der Waals surface area contributed by atoms with Crippen molar-refractivity contribution in [3.63, 3.8) is 0 Å². The standard InChI is InChI=1S/C23H30N4O4/c1-26-11-13-27(14-12-26)21(17-7-9-19(30-2)10-8-17)16-24-22(28)23(29)25-18-5-4-6-20(15-18)31-3/h4-10,15,21H,11-14,16H2,1-3H3,(H,24,28)(H,25,29)/t21-/m1/s1. The maximum atomic E-state index is 12.5. The average molecular weight is 427 g/mol. The first-order chi connectivity index (χ1) is 15.0. The van der Waals surface area contributed by atoms with E-state index in [4.69, 9.17) is 9.47 Å². The van der Waals surface area contributed by atoms with E-state index in [1.54, 1.807) is 38.5 Å². The van der Waals surface area contributed by atoms with E-state index in [2.05, 4.69) is 27.5 Å². The van der Waals surface area contributed by atoms with E-state index in [1.165, 1.54) is 0 Å². The number of hydrogen-bond acceptors (Lipinski definition) is 6. The summed E-state index contributed by atoms with van der Waals surface area (Å²) in [6, 6.07) is 14.7. The number of rotatable bonds is 7. The van der Waals surface area contributed by atoms with E-state index in [-0.39, 0.29) is 6.04 Å². The molecule has 1 fully saturated rings. The number of amides is 2. The van der Waals surface area contributed by atoms with Gasteiger partial charge in [0.2, 0.25) is 0 Å². The third kappa shape index (κ3) is 6.19. The predicted octanol–water partition coefficient (Wildman–Crippen LogP) is 1.75. The minimum absolute atomic E-state index is 0.0341. The number of piperazine rings is 1. The van der Waals surface area contributed by atoms with E-state index in [1.807, 2.05) is 24.3 Å². The zero-order valence-corrected chi connectivity index (χ0v) is 18.3. The molecule has 1 saturated heterocycles. The molecule has 2 aromatic rings.